The van der Waals surface area contributed by atoms with E-state index in [2.05, 4.69) is 18.8 Å². The molecule has 0 saturated heterocycles. The van der Waals surface area contributed by atoms with Crippen molar-refractivity contribution in [3.63, 3.8) is 0 Å². The van der Waals surface area contributed by atoms with Gasteiger partial charge in [-0.05, 0) is 48.2 Å². The van der Waals surface area contributed by atoms with E-state index in [-0.39, 0.29) is 5.78 Å². The molecule has 0 aliphatic heterocycles. The molecule has 2 aromatic rings. The summed E-state index contributed by atoms with van der Waals surface area (Å²) >= 11 is 0. The van der Waals surface area contributed by atoms with Crippen LogP contribution in [0.1, 0.15) is 47.8 Å². The number of hydrogen-bond acceptors (Lipinski definition) is 3. The highest BCUT2D eigenvalue weighted by Crippen LogP contribution is 2.27. The molecule has 0 N–H and O–H groups in total. The lowest BCUT2D eigenvalue weighted by Crippen LogP contribution is -2.04. The molecule has 21 heavy (non-hydrogen) atoms. The standard InChI is InChI=1S/C18H21NO2/c1-13(2)16-12-14(7-10-18(16)21-3)17(20)9-8-15-6-4-5-11-19-15/h4-7,10-13H,8-9H2,1-3H3. The van der Waals surface area contributed by atoms with E-state index in [1.807, 2.05) is 36.4 Å². The third-order valence-corrected chi connectivity index (χ3v) is 3.51. The van der Waals surface area contributed by atoms with Gasteiger partial charge in [0.2, 0.25) is 0 Å². The zero-order chi connectivity index (χ0) is 15.2. The van der Waals surface area contributed by atoms with E-state index in [1.54, 1.807) is 13.3 Å². The van der Waals surface area contributed by atoms with Gasteiger partial charge in [0.15, 0.2) is 5.78 Å². The molecule has 2 rings (SSSR count). The molecule has 1 heterocycles. The summed E-state index contributed by atoms with van der Waals surface area (Å²) in [6, 6.07) is 11.4. The molecule has 3 nitrogen and oxygen atoms in total. The molecule has 0 aliphatic carbocycles. The van der Waals surface area contributed by atoms with E-state index in [4.69, 9.17) is 4.74 Å². The van der Waals surface area contributed by atoms with Crippen molar-refractivity contribution in [1.29, 1.82) is 0 Å². The number of ether oxygens (including phenoxy) is 1. The summed E-state index contributed by atoms with van der Waals surface area (Å²) in [7, 11) is 1.66. The lowest BCUT2D eigenvalue weighted by molar-refractivity contribution is 0.0982. The van der Waals surface area contributed by atoms with Crippen LogP contribution in [0.4, 0.5) is 0 Å². The first-order valence-corrected chi connectivity index (χ1v) is 7.23. The first-order valence-electron chi connectivity index (χ1n) is 7.23. The van der Waals surface area contributed by atoms with E-state index in [9.17, 15) is 4.79 Å². The number of hydrogen-bond donors (Lipinski definition) is 0. The van der Waals surface area contributed by atoms with Crippen LogP contribution in [0.2, 0.25) is 0 Å². The highest BCUT2D eigenvalue weighted by molar-refractivity contribution is 5.96. The van der Waals surface area contributed by atoms with Crippen molar-refractivity contribution in [3.8, 4) is 5.75 Å². The average Bonchev–Trinajstić information content (AvgIpc) is 2.52. The molecule has 0 unspecified atom stereocenters. The highest BCUT2D eigenvalue weighted by atomic mass is 16.5. The Morgan fingerprint density at radius 1 is 1.24 bits per heavy atom. The van der Waals surface area contributed by atoms with Gasteiger partial charge in [0.05, 0.1) is 7.11 Å². The van der Waals surface area contributed by atoms with Gasteiger partial charge in [-0.2, -0.15) is 0 Å². The van der Waals surface area contributed by atoms with Crippen LogP contribution in [0.25, 0.3) is 0 Å². The van der Waals surface area contributed by atoms with Gasteiger partial charge >= 0.3 is 0 Å². The Balaban J connectivity index is 2.10. The van der Waals surface area contributed by atoms with Crippen LogP contribution >= 0.6 is 0 Å². The SMILES string of the molecule is COc1ccc(C(=O)CCc2ccccn2)cc1C(C)C. The molecule has 0 saturated carbocycles. The number of pyridine rings is 1. The van der Waals surface area contributed by atoms with Crippen molar-refractivity contribution in [3.05, 3.63) is 59.4 Å². The van der Waals surface area contributed by atoms with Crippen LogP contribution in [-0.2, 0) is 6.42 Å². The number of nitrogens with zero attached hydrogens (tertiary/aromatic N) is 1. The van der Waals surface area contributed by atoms with Crippen LogP contribution in [0.15, 0.2) is 42.6 Å². The average molecular weight is 283 g/mol. The minimum absolute atomic E-state index is 0.144. The van der Waals surface area contributed by atoms with Gasteiger partial charge < -0.3 is 4.74 Å². The third kappa shape index (κ3) is 3.91. The van der Waals surface area contributed by atoms with Gasteiger partial charge in [-0.25, -0.2) is 0 Å². The Morgan fingerprint density at radius 3 is 2.67 bits per heavy atom. The van der Waals surface area contributed by atoms with Crippen molar-refractivity contribution in [1.82, 2.24) is 4.98 Å². The number of carbonyl (C=O) groups is 1. The Labute approximate surface area is 126 Å². The topological polar surface area (TPSA) is 39.2 Å². The lowest BCUT2D eigenvalue weighted by Gasteiger charge is -2.13. The summed E-state index contributed by atoms with van der Waals surface area (Å²) < 4.78 is 5.35. The Bertz CT molecular complexity index is 606. The largest absolute Gasteiger partial charge is 0.496 e. The highest BCUT2D eigenvalue weighted by Gasteiger charge is 2.12. The van der Waals surface area contributed by atoms with E-state index in [0.717, 1.165) is 22.6 Å². The summed E-state index contributed by atoms with van der Waals surface area (Å²) in [6.07, 6.45) is 2.90. The van der Waals surface area contributed by atoms with Crippen molar-refractivity contribution >= 4 is 5.78 Å². The van der Waals surface area contributed by atoms with E-state index < -0.39 is 0 Å². The smallest absolute Gasteiger partial charge is 0.163 e. The zero-order valence-corrected chi connectivity index (χ0v) is 12.8. The maximum atomic E-state index is 12.3. The van der Waals surface area contributed by atoms with Crippen molar-refractivity contribution in [2.45, 2.75) is 32.6 Å². The molecule has 110 valence electrons. The molecule has 0 amide bonds. The molecule has 0 atom stereocenters. The summed E-state index contributed by atoms with van der Waals surface area (Å²) in [5.74, 6) is 1.31. The summed E-state index contributed by atoms with van der Waals surface area (Å²) in [4.78, 5) is 16.6. The van der Waals surface area contributed by atoms with E-state index >= 15 is 0 Å². The van der Waals surface area contributed by atoms with Gasteiger partial charge in [-0.15, -0.1) is 0 Å². The first kappa shape index (κ1) is 15.2. The molecule has 0 spiro atoms. The van der Waals surface area contributed by atoms with Gasteiger partial charge in [-0.3, -0.25) is 9.78 Å². The number of methoxy groups -OCH3 is 1. The Hall–Kier alpha value is -2.16. The summed E-state index contributed by atoms with van der Waals surface area (Å²) in [5, 5.41) is 0. The number of rotatable bonds is 6. The summed E-state index contributed by atoms with van der Waals surface area (Å²) in [5.41, 5.74) is 2.76. The minimum Gasteiger partial charge on any atom is -0.496 e. The second-order valence-corrected chi connectivity index (χ2v) is 5.36. The Kier molecular flexibility index (Phi) is 5.09. The normalized spacial score (nSPS) is 10.7. The van der Waals surface area contributed by atoms with Crippen LogP contribution < -0.4 is 4.74 Å². The molecule has 0 fully saturated rings. The Morgan fingerprint density at radius 2 is 2.05 bits per heavy atom. The van der Waals surface area contributed by atoms with Crippen LogP contribution in [-0.4, -0.2) is 17.9 Å². The second-order valence-electron chi connectivity index (χ2n) is 5.36. The fraction of sp³-hybridized carbons (Fsp3) is 0.333. The predicted octanol–water partition coefficient (Wildman–Crippen LogP) is 4.03. The number of Topliss-reactive ketones (excluding diaryl/α,β-unsaturated/α-hetero) is 1. The molecule has 0 bridgehead atoms. The number of ketones is 1. The first-order chi connectivity index (χ1) is 10.1. The maximum Gasteiger partial charge on any atom is 0.163 e. The van der Waals surface area contributed by atoms with Crippen LogP contribution in [0, 0.1) is 0 Å². The quantitative estimate of drug-likeness (QED) is 0.751. The molecule has 0 aliphatic rings. The molecule has 1 aromatic heterocycles. The predicted molar refractivity (Wildman–Crippen MR) is 84.0 cm³/mol. The van der Waals surface area contributed by atoms with Gasteiger partial charge in [-0.1, -0.05) is 19.9 Å². The third-order valence-electron chi connectivity index (χ3n) is 3.51. The van der Waals surface area contributed by atoms with Gasteiger partial charge in [0.25, 0.3) is 0 Å². The second kappa shape index (κ2) is 7.02. The number of carbonyl (C=O) groups excluding carboxylic acids is 1. The van der Waals surface area contributed by atoms with E-state index in [0.29, 0.717) is 18.8 Å². The molecule has 1 aromatic carbocycles. The van der Waals surface area contributed by atoms with E-state index in [1.165, 1.54) is 0 Å². The lowest BCUT2D eigenvalue weighted by atomic mass is 9.96. The number of aryl methyl sites for hydroxylation is 1. The zero-order valence-electron chi connectivity index (χ0n) is 12.8. The molecule has 0 radical (unpaired) electrons. The van der Waals surface area contributed by atoms with Crippen LogP contribution in [0.5, 0.6) is 5.75 Å². The number of aromatic nitrogens is 1. The van der Waals surface area contributed by atoms with Crippen LogP contribution in [0.3, 0.4) is 0 Å². The monoisotopic (exact) mass is 283 g/mol. The molecular formula is C18H21NO2. The van der Waals surface area contributed by atoms with Crippen molar-refractivity contribution in [2.24, 2.45) is 0 Å². The van der Waals surface area contributed by atoms with Crippen molar-refractivity contribution in [2.75, 3.05) is 7.11 Å². The summed E-state index contributed by atoms with van der Waals surface area (Å²) in [6.45, 7) is 4.19. The maximum absolute atomic E-state index is 12.3. The fourth-order valence-corrected chi connectivity index (χ4v) is 2.29. The van der Waals surface area contributed by atoms with Gasteiger partial charge in [0, 0.05) is 23.9 Å². The molecule has 3 heteroatoms. The molecular weight excluding hydrogens is 262 g/mol. The fourth-order valence-electron chi connectivity index (χ4n) is 2.29. The van der Waals surface area contributed by atoms with Crippen molar-refractivity contribution < 1.29 is 9.53 Å². The van der Waals surface area contributed by atoms with Gasteiger partial charge in [0.1, 0.15) is 5.75 Å². The minimum atomic E-state index is 0.144. The number of benzene rings is 1.